The molecule has 0 radical (unpaired) electrons. The van der Waals surface area contributed by atoms with Crippen molar-refractivity contribution in [3.05, 3.63) is 11.6 Å². The van der Waals surface area contributed by atoms with Gasteiger partial charge in [-0.2, -0.15) is 0 Å². The third-order valence-electron chi connectivity index (χ3n) is 5.95. The zero-order valence-electron chi connectivity index (χ0n) is 14.1. The Balaban J connectivity index is 2.43. The fourth-order valence-electron chi connectivity index (χ4n) is 2.88. The van der Waals surface area contributed by atoms with Gasteiger partial charge in [-0.15, -0.1) is 0 Å². The van der Waals surface area contributed by atoms with Crippen LogP contribution in [0.25, 0.3) is 0 Å². The second-order valence-corrected chi connectivity index (χ2v) is 12.9. The molecule has 1 saturated heterocycles. The second kappa shape index (κ2) is 4.52. The number of carbonyl (C=O) groups is 2. The molecule has 2 aliphatic rings. The van der Waals surface area contributed by atoms with Crippen LogP contribution in [0, 0.1) is 10.8 Å². The molecule has 0 bridgehead atoms. The molecule has 0 N–H and O–H groups in total. The topological polar surface area (TPSA) is 52.6 Å². The van der Waals surface area contributed by atoms with Crippen molar-refractivity contribution in [2.24, 2.45) is 10.8 Å². The van der Waals surface area contributed by atoms with Gasteiger partial charge in [-0.25, -0.2) is 0 Å². The highest BCUT2D eigenvalue weighted by Gasteiger charge is 2.67. The van der Waals surface area contributed by atoms with Crippen molar-refractivity contribution in [3.8, 4) is 0 Å². The van der Waals surface area contributed by atoms with Crippen LogP contribution in [0.3, 0.4) is 0 Å². The van der Waals surface area contributed by atoms with Crippen LogP contribution in [-0.2, 0) is 18.8 Å². The molecule has 1 heterocycles. The van der Waals surface area contributed by atoms with Crippen molar-refractivity contribution < 1.29 is 18.8 Å². The maximum atomic E-state index is 12.4. The van der Waals surface area contributed by atoms with Crippen molar-refractivity contribution in [1.82, 2.24) is 0 Å². The predicted molar refractivity (Wildman–Crippen MR) is 83.4 cm³/mol. The molecule has 3 atom stereocenters. The summed E-state index contributed by atoms with van der Waals surface area (Å²) in [7, 11) is -2.05. The number of rotatable bonds is 3. The molecule has 0 aromatic carbocycles. The first-order valence-corrected chi connectivity index (χ1v) is 10.3. The number of aldehydes is 1. The molecule has 0 amide bonds. The summed E-state index contributed by atoms with van der Waals surface area (Å²) < 4.78 is 11.7. The lowest BCUT2D eigenvalue weighted by Gasteiger charge is -2.42. The van der Waals surface area contributed by atoms with E-state index in [2.05, 4.69) is 33.9 Å². The number of fused-ring (bicyclic) bond motifs is 1. The number of cyclic esters (lactones) is 1. The molecule has 0 spiro atoms. The highest BCUT2D eigenvalue weighted by Crippen LogP contribution is 2.58. The Hall–Kier alpha value is -0.943. The molecule has 0 aromatic heterocycles. The minimum Gasteiger partial charge on any atom is -0.464 e. The van der Waals surface area contributed by atoms with E-state index in [4.69, 9.17) is 9.16 Å². The number of ether oxygens (including phenoxy) is 1. The van der Waals surface area contributed by atoms with Gasteiger partial charge < -0.3 is 9.16 Å². The van der Waals surface area contributed by atoms with Crippen LogP contribution < -0.4 is 0 Å². The van der Waals surface area contributed by atoms with Gasteiger partial charge in [0.15, 0.2) is 8.32 Å². The average molecular weight is 310 g/mol. The molecule has 118 valence electrons. The minimum atomic E-state index is -2.05. The fourth-order valence-corrected chi connectivity index (χ4v) is 4.17. The lowest BCUT2D eigenvalue weighted by molar-refractivity contribution is -0.149. The summed E-state index contributed by atoms with van der Waals surface area (Å²) in [5.41, 5.74) is -0.767. The Labute approximate surface area is 128 Å². The van der Waals surface area contributed by atoms with E-state index in [-0.39, 0.29) is 17.6 Å². The van der Waals surface area contributed by atoms with Crippen molar-refractivity contribution in [2.75, 3.05) is 6.61 Å². The molecule has 0 unspecified atom stereocenters. The second-order valence-electron chi connectivity index (χ2n) is 8.15. The third-order valence-corrected chi connectivity index (χ3v) is 10.4. The van der Waals surface area contributed by atoms with Crippen LogP contribution >= 0.6 is 0 Å². The van der Waals surface area contributed by atoms with E-state index in [0.29, 0.717) is 5.57 Å². The van der Waals surface area contributed by atoms with Gasteiger partial charge in [0.1, 0.15) is 18.3 Å². The normalized spacial score (nSPS) is 36.2. The molecular weight excluding hydrogens is 284 g/mol. The monoisotopic (exact) mass is 310 g/mol. The summed E-state index contributed by atoms with van der Waals surface area (Å²) >= 11 is 0. The summed E-state index contributed by atoms with van der Waals surface area (Å²) in [6, 6.07) is 0. The first-order chi connectivity index (χ1) is 9.40. The average Bonchev–Trinajstić information content (AvgIpc) is 2.70. The zero-order valence-corrected chi connectivity index (χ0v) is 15.1. The summed E-state index contributed by atoms with van der Waals surface area (Å²) in [4.78, 5) is 23.8. The standard InChI is InChI=1S/C16H26O4Si/c1-14(2,3)21(6,7)20-12-8-11(9-17)15(4)10-19-13(18)16(12,15)5/h8-9,12H,10H2,1-7H3/t12-,15+,16+/m1/s1. The maximum Gasteiger partial charge on any atom is 0.315 e. The van der Waals surface area contributed by atoms with Gasteiger partial charge in [-0.05, 0) is 31.1 Å². The molecule has 4 nitrogen and oxygen atoms in total. The highest BCUT2D eigenvalue weighted by atomic mass is 28.4. The fraction of sp³-hybridized carbons (Fsp3) is 0.750. The Kier molecular flexibility index (Phi) is 3.54. The minimum absolute atomic E-state index is 0.0417. The highest BCUT2D eigenvalue weighted by molar-refractivity contribution is 6.74. The van der Waals surface area contributed by atoms with Crippen molar-refractivity contribution in [3.63, 3.8) is 0 Å². The molecule has 21 heavy (non-hydrogen) atoms. The third kappa shape index (κ3) is 2.05. The predicted octanol–water partition coefficient (Wildman–Crippen LogP) is 3.09. The number of carbonyl (C=O) groups excluding carboxylic acids is 2. The zero-order chi connectivity index (χ0) is 16.3. The van der Waals surface area contributed by atoms with E-state index in [1.54, 1.807) is 0 Å². The molecule has 0 aromatic rings. The molecule has 1 aliphatic heterocycles. The first kappa shape index (κ1) is 16.4. The van der Waals surface area contributed by atoms with Gasteiger partial charge in [0.2, 0.25) is 0 Å². The van der Waals surface area contributed by atoms with Gasteiger partial charge in [0, 0.05) is 11.0 Å². The maximum absolute atomic E-state index is 12.4. The SMILES string of the molecule is CC(C)(C)[Si](C)(C)O[C@@H]1C=C(C=O)[C@]2(C)COC(=O)[C@]12C. The van der Waals surface area contributed by atoms with E-state index >= 15 is 0 Å². The Bertz CT molecular complexity index is 517. The molecule has 0 saturated carbocycles. The van der Waals surface area contributed by atoms with Crippen LogP contribution in [0.15, 0.2) is 11.6 Å². The smallest absolute Gasteiger partial charge is 0.315 e. The number of esters is 1. The largest absolute Gasteiger partial charge is 0.464 e. The van der Waals surface area contributed by atoms with Crippen LogP contribution in [0.5, 0.6) is 0 Å². The molecule has 1 fully saturated rings. The van der Waals surface area contributed by atoms with Gasteiger partial charge >= 0.3 is 5.97 Å². The molecule has 1 aliphatic carbocycles. The molecule has 2 rings (SSSR count). The first-order valence-electron chi connectivity index (χ1n) is 7.43. The Morgan fingerprint density at radius 1 is 1.38 bits per heavy atom. The molecule has 5 heteroatoms. The number of hydrogen-bond donors (Lipinski definition) is 0. The van der Waals surface area contributed by atoms with E-state index in [1.807, 2.05) is 19.9 Å². The number of hydrogen-bond acceptors (Lipinski definition) is 4. The van der Waals surface area contributed by atoms with Crippen LogP contribution in [0.4, 0.5) is 0 Å². The molecular formula is C16H26O4Si. The van der Waals surface area contributed by atoms with Crippen LogP contribution in [0.2, 0.25) is 18.1 Å². The van der Waals surface area contributed by atoms with Crippen molar-refractivity contribution in [1.29, 1.82) is 0 Å². The van der Waals surface area contributed by atoms with Crippen molar-refractivity contribution >= 4 is 20.6 Å². The summed E-state index contributed by atoms with van der Waals surface area (Å²) in [6.07, 6.45) is 2.29. The van der Waals surface area contributed by atoms with Crippen LogP contribution in [0.1, 0.15) is 34.6 Å². The summed E-state index contributed by atoms with van der Waals surface area (Å²) in [5, 5.41) is 0.0417. The van der Waals surface area contributed by atoms with Crippen molar-refractivity contribution in [2.45, 2.75) is 58.9 Å². The van der Waals surface area contributed by atoms with E-state index < -0.39 is 25.3 Å². The lowest BCUT2D eigenvalue weighted by atomic mass is 9.66. The van der Waals surface area contributed by atoms with Crippen LogP contribution in [-0.4, -0.2) is 33.3 Å². The van der Waals surface area contributed by atoms with E-state index in [0.717, 1.165) is 6.29 Å². The van der Waals surface area contributed by atoms with E-state index in [1.165, 1.54) is 0 Å². The van der Waals surface area contributed by atoms with E-state index in [9.17, 15) is 9.59 Å². The van der Waals surface area contributed by atoms with Gasteiger partial charge in [0.25, 0.3) is 0 Å². The Morgan fingerprint density at radius 3 is 2.43 bits per heavy atom. The quantitative estimate of drug-likeness (QED) is 0.457. The lowest BCUT2D eigenvalue weighted by Crippen LogP contribution is -2.51. The van der Waals surface area contributed by atoms with Gasteiger partial charge in [-0.1, -0.05) is 27.7 Å². The van der Waals surface area contributed by atoms with Gasteiger partial charge in [0.05, 0.1) is 6.10 Å². The summed E-state index contributed by atoms with van der Waals surface area (Å²) in [5.74, 6) is -0.262. The Morgan fingerprint density at radius 2 is 1.95 bits per heavy atom. The van der Waals surface area contributed by atoms with Gasteiger partial charge in [-0.3, -0.25) is 9.59 Å². The summed E-state index contributed by atoms with van der Waals surface area (Å²) in [6.45, 7) is 14.8.